The van der Waals surface area contributed by atoms with Gasteiger partial charge < -0.3 is 57.6 Å². The maximum Gasteiger partial charge on any atom is 0.261 e. The van der Waals surface area contributed by atoms with Crippen molar-refractivity contribution in [3.63, 3.8) is 0 Å². The average molecular weight is 1280 g/mol. The number of likely N-dealkylation sites (N-methyl/N-ethyl adjacent to an activating group) is 2. The van der Waals surface area contributed by atoms with Crippen molar-refractivity contribution in [1.82, 2.24) is 19.6 Å². The van der Waals surface area contributed by atoms with Gasteiger partial charge in [0.15, 0.2) is 46.0 Å². The van der Waals surface area contributed by atoms with E-state index in [4.69, 9.17) is 42.3 Å². The van der Waals surface area contributed by atoms with Crippen LogP contribution in [-0.4, -0.2) is 148 Å². The number of rotatable bonds is 14. The van der Waals surface area contributed by atoms with E-state index in [1.807, 2.05) is 34.7 Å². The van der Waals surface area contributed by atoms with E-state index in [9.17, 15) is 25.8 Å². The van der Waals surface area contributed by atoms with Gasteiger partial charge in [-0.2, -0.15) is 10.5 Å². The van der Waals surface area contributed by atoms with Crippen LogP contribution in [0.5, 0.6) is 57.5 Å². The topological polar surface area (TPSA) is 204 Å². The van der Waals surface area contributed by atoms with Crippen LogP contribution in [0.1, 0.15) is 112 Å². The molecule has 0 radical (unpaired) electrons. The maximum atomic E-state index is 12.0. The van der Waals surface area contributed by atoms with Crippen LogP contribution in [0, 0.1) is 50.4 Å². The normalized spacial score (nSPS) is 24.6. The number of benzene rings is 6. The maximum absolute atomic E-state index is 12.0. The molecule has 8 aliphatic rings. The molecule has 2 fully saturated rings. The molecule has 4 bridgehead atoms. The summed E-state index contributed by atoms with van der Waals surface area (Å²) in [6, 6.07) is 27.7. The third-order valence-electron chi connectivity index (χ3n) is 21.3. The average Bonchev–Trinajstić information content (AvgIpc) is 1.37. The van der Waals surface area contributed by atoms with Crippen molar-refractivity contribution in [2.45, 2.75) is 140 Å². The number of aryl methyl sites for hydroxylation is 2. The van der Waals surface area contributed by atoms with Crippen LogP contribution in [0.3, 0.4) is 0 Å². The number of nitrogens with zero attached hydrogens (tertiary/aromatic N) is 6. The summed E-state index contributed by atoms with van der Waals surface area (Å²) in [5.41, 5.74) is 10.9. The van der Waals surface area contributed by atoms with Gasteiger partial charge in [-0.05, 0) is 105 Å². The largest absolute Gasteiger partial charge is 0.504 e. The molecule has 0 aliphatic carbocycles. The van der Waals surface area contributed by atoms with Crippen molar-refractivity contribution in [2.24, 2.45) is 0 Å². The molecule has 0 aromatic heterocycles. The Kier molecular flexibility index (Phi) is 16.8. The molecule has 0 saturated carbocycles. The Labute approximate surface area is 546 Å². The third kappa shape index (κ3) is 9.66. The number of fused-ring (bicyclic) bond motifs is 18. The Morgan fingerprint density at radius 3 is 1.39 bits per heavy atom. The predicted octanol–water partition coefficient (Wildman–Crippen LogP) is 9.73. The lowest BCUT2D eigenvalue weighted by atomic mass is 9.71. The van der Waals surface area contributed by atoms with Gasteiger partial charge in [-0.1, -0.05) is 119 Å². The number of aliphatic hydroxyl groups excluding tert-OH is 1. The number of aliphatic hydroxyl groups is 1. The van der Waals surface area contributed by atoms with E-state index < -0.39 is 32.5 Å². The Morgan fingerprint density at radius 2 is 1.00 bits per heavy atom. The van der Waals surface area contributed by atoms with Crippen molar-refractivity contribution < 1.29 is 57.6 Å². The molecule has 8 aliphatic heterocycles. The summed E-state index contributed by atoms with van der Waals surface area (Å²) in [5.74, 6) is 5.28. The van der Waals surface area contributed by atoms with Gasteiger partial charge in [-0.25, -0.2) is 0 Å². The van der Waals surface area contributed by atoms with Crippen LogP contribution in [0.4, 0.5) is 0 Å². The minimum Gasteiger partial charge on any atom is -0.504 e. The van der Waals surface area contributed by atoms with E-state index in [2.05, 4.69) is 146 Å². The molecule has 14 rings (SSSR count). The van der Waals surface area contributed by atoms with E-state index >= 15 is 0 Å². The molecule has 6 aromatic carbocycles. The second-order valence-electron chi connectivity index (χ2n) is 26.9. The highest BCUT2D eigenvalue weighted by Gasteiger charge is 2.60. The summed E-state index contributed by atoms with van der Waals surface area (Å²) in [5, 5.41) is 58.2. The van der Waals surface area contributed by atoms with Crippen molar-refractivity contribution in [2.75, 3.05) is 68.3 Å². The van der Waals surface area contributed by atoms with Crippen molar-refractivity contribution in [1.29, 1.82) is 10.5 Å². The Hall–Kier alpha value is -8.24. The molecule has 6 aromatic rings. The highest BCUT2D eigenvalue weighted by molar-refractivity contribution is 6.99. The van der Waals surface area contributed by atoms with Gasteiger partial charge in [0.1, 0.15) is 36.8 Å². The number of nitriles is 2. The van der Waals surface area contributed by atoms with Crippen molar-refractivity contribution >= 4 is 18.7 Å². The SMILES string of the molecule is C=CCOc1c(C)c2c(c3c1CC1[C@H]4c5c(cc(C)c(OC)c5O)C[C@@H]([C@H](C#N)N1[C@H]3CO)N4C)OCO2.C=CCOc1c(C)c2c(c3c1CC1[C@H]4c5c(cc(C)c(OC)c5O)C[C@@H]([C@H](C#N)N1[C@H]3CO[Si](c1ccccc1)(c1ccccc1)C(C)(C)C)N4C)OCO2. The fraction of sp³-hybridized carbons (Fsp3) is 0.432. The van der Waals surface area contributed by atoms with Gasteiger partial charge in [0, 0.05) is 68.7 Å². The summed E-state index contributed by atoms with van der Waals surface area (Å²) in [6.45, 7) is 23.3. The lowest BCUT2D eigenvalue weighted by Gasteiger charge is -2.60. The van der Waals surface area contributed by atoms with Gasteiger partial charge in [0.05, 0.1) is 63.7 Å². The molecule has 93 heavy (non-hydrogen) atoms. The second kappa shape index (κ2) is 24.6. The van der Waals surface area contributed by atoms with Crippen LogP contribution in [0.15, 0.2) is 98.1 Å². The number of ether oxygens (including phenoxy) is 8. The van der Waals surface area contributed by atoms with Crippen LogP contribution >= 0.6 is 0 Å². The van der Waals surface area contributed by atoms with Crippen molar-refractivity contribution in [3.8, 4) is 69.6 Å². The Bertz CT molecular complexity index is 3990. The smallest absolute Gasteiger partial charge is 0.261 e. The summed E-state index contributed by atoms with van der Waals surface area (Å²) in [6.07, 6.45) is 5.74. The van der Waals surface area contributed by atoms with E-state index in [-0.39, 0.29) is 79.6 Å². The Morgan fingerprint density at radius 1 is 0.591 bits per heavy atom. The highest BCUT2D eigenvalue weighted by Crippen LogP contribution is 2.61. The molecular weight excluding hydrogens is 1190 g/mol. The van der Waals surface area contributed by atoms with Crippen LogP contribution in [-0.2, 0) is 30.1 Å². The first-order valence-electron chi connectivity index (χ1n) is 32.1. The summed E-state index contributed by atoms with van der Waals surface area (Å²) in [4.78, 5) is 9.05. The van der Waals surface area contributed by atoms with Gasteiger partial charge >= 0.3 is 0 Å². The lowest BCUT2D eigenvalue weighted by Crippen LogP contribution is -2.70. The molecule has 0 spiro atoms. The van der Waals surface area contributed by atoms with Gasteiger partial charge in [0.25, 0.3) is 8.32 Å². The van der Waals surface area contributed by atoms with E-state index in [1.165, 1.54) is 10.4 Å². The monoisotopic (exact) mass is 1280 g/mol. The molecule has 2 saturated heterocycles. The summed E-state index contributed by atoms with van der Waals surface area (Å²) in [7, 11) is 4.25. The molecular formula is C74H84N6O12Si. The molecule has 18 nitrogen and oxygen atoms in total. The number of piperazine rings is 2. The number of phenolic OH excluding ortho intramolecular Hbond substituents is 2. The molecule has 19 heteroatoms. The predicted molar refractivity (Wildman–Crippen MR) is 354 cm³/mol. The molecule has 10 atom stereocenters. The fourth-order valence-electron chi connectivity index (χ4n) is 17.6. The van der Waals surface area contributed by atoms with Gasteiger partial charge in [-0.15, -0.1) is 0 Å². The quantitative estimate of drug-likeness (QED) is 0.0686. The minimum atomic E-state index is -3.03. The third-order valence-corrected chi connectivity index (χ3v) is 26.3. The fourth-order valence-corrected chi connectivity index (χ4v) is 22.2. The molecule has 8 heterocycles. The summed E-state index contributed by atoms with van der Waals surface area (Å²) < 4.78 is 56.3. The number of hydrogen-bond acceptors (Lipinski definition) is 18. The van der Waals surface area contributed by atoms with E-state index in [0.717, 1.165) is 72.5 Å². The zero-order valence-electron chi connectivity index (χ0n) is 55.0. The van der Waals surface area contributed by atoms with Gasteiger partial charge in [-0.3, -0.25) is 19.6 Å². The Balaban J connectivity index is 0.000000181. The zero-order valence-corrected chi connectivity index (χ0v) is 56.0. The molecule has 2 unspecified atom stereocenters. The number of methoxy groups -OCH3 is 2. The first-order chi connectivity index (χ1) is 44.8. The van der Waals surface area contributed by atoms with Crippen LogP contribution in [0.25, 0.3) is 0 Å². The molecule has 486 valence electrons. The molecule has 3 N–H and O–H groups in total. The summed E-state index contributed by atoms with van der Waals surface area (Å²) >= 11 is 0. The number of hydrogen-bond donors (Lipinski definition) is 3. The minimum absolute atomic E-state index is 0.0885. The first-order valence-corrected chi connectivity index (χ1v) is 34.1. The van der Waals surface area contributed by atoms with E-state index in [0.29, 0.717) is 79.1 Å². The zero-order chi connectivity index (χ0) is 65.7. The molecule has 0 amide bonds. The van der Waals surface area contributed by atoms with Crippen LogP contribution in [0.2, 0.25) is 5.04 Å². The number of phenols is 2. The first kappa shape index (κ1) is 63.5. The standard InChI is InChI=1S/C45H51N3O6Si.C29H33N3O6/c1-9-20-51-42-28(3)43-44(53-26-52-43)38-32(42)23-34-39-37-29(21-27(2)41(50-8)40(37)49)22-33(47(39)7)35(24-46)48(34)36(38)25-54-55(45(4,5)6,30-16-12-10-13-17-30)31-18-14-11-15-19-31;1-6-7-36-27-15(3)28-29(38-13-37-28)23-17(27)10-19-24-22-16(8-14(2)26(35-5)25(22)34)9-18(31(24)4)20(11-30)32(19)21(23)12-33/h9-19,21,33-36,39,49H,1,20,22-23,25-26H2,2-8H3;6,8,18-21,24,33-34H,1,7,9-10,12-13H2,2-5H3/t33-,34?,35-,36-,39-;18-,19?,20-,21-,24-/m00/s1. The second-order valence-corrected chi connectivity index (χ2v) is 31.2. The van der Waals surface area contributed by atoms with Crippen molar-refractivity contribution in [3.05, 3.63) is 165 Å². The van der Waals surface area contributed by atoms with Gasteiger partial charge in [0.2, 0.25) is 13.6 Å². The van der Waals surface area contributed by atoms with Crippen LogP contribution < -0.4 is 48.3 Å². The lowest BCUT2D eigenvalue weighted by molar-refractivity contribution is -0.0825. The highest BCUT2D eigenvalue weighted by atomic mass is 28.4. The van der Waals surface area contributed by atoms with E-state index in [1.54, 1.807) is 26.4 Å². The number of aromatic hydroxyl groups is 2.